The van der Waals surface area contributed by atoms with E-state index >= 15 is 0 Å². The molecule has 0 saturated carbocycles. The van der Waals surface area contributed by atoms with Crippen molar-refractivity contribution >= 4 is 28.3 Å². The van der Waals surface area contributed by atoms with Crippen LogP contribution in [0.5, 0.6) is 0 Å². The van der Waals surface area contributed by atoms with Crippen LogP contribution >= 0.6 is 0 Å². The third kappa shape index (κ3) is 4.06. The van der Waals surface area contributed by atoms with Crippen molar-refractivity contribution < 1.29 is 9.18 Å². The lowest BCUT2D eigenvalue weighted by Crippen LogP contribution is -2.38. The van der Waals surface area contributed by atoms with E-state index in [2.05, 4.69) is 22.1 Å². The van der Waals surface area contributed by atoms with E-state index < -0.39 is 17.4 Å². The third-order valence-electron chi connectivity index (χ3n) is 5.58. The number of anilines is 2. The Kier molecular flexibility index (Phi) is 5.53. The predicted octanol–water partition coefficient (Wildman–Crippen LogP) is 3.72. The number of halogens is 1. The zero-order valence-electron chi connectivity index (χ0n) is 17.2. The van der Waals surface area contributed by atoms with Gasteiger partial charge in [-0.25, -0.2) is 9.18 Å². The highest BCUT2D eigenvalue weighted by Gasteiger charge is 2.22. The maximum atomic E-state index is 13.8. The number of benzene rings is 2. The summed E-state index contributed by atoms with van der Waals surface area (Å²) in [5.74, 6) is 0.422. The predicted molar refractivity (Wildman–Crippen MR) is 116 cm³/mol. The average Bonchev–Trinajstić information content (AvgIpc) is 2.72. The molecular weight excluding hydrogens is 383 g/mol. The zero-order chi connectivity index (χ0) is 21.3. The van der Waals surface area contributed by atoms with Crippen molar-refractivity contribution in [2.24, 2.45) is 5.92 Å². The molecule has 0 radical (unpaired) electrons. The molecule has 1 aliphatic heterocycles. The Bertz CT molecular complexity index is 1160. The summed E-state index contributed by atoms with van der Waals surface area (Å²) in [4.78, 5) is 31.9. The van der Waals surface area contributed by atoms with Crippen molar-refractivity contribution in [3.8, 4) is 0 Å². The summed E-state index contributed by atoms with van der Waals surface area (Å²) < 4.78 is 15.1. The van der Waals surface area contributed by atoms with E-state index in [4.69, 9.17) is 0 Å². The van der Waals surface area contributed by atoms with Crippen molar-refractivity contribution in [3.05, 3.63) is 64.3 Å². The van der Waals surface area contributed by atoms with Crippen LogP contribution in [-0.2, 0) is 11.3 Å². The van der Waals surface area contributed by atoms with E-state index in [0.29, 0.717) is 28.5 Å². The second-order valence-corrected chi connectivity index (χ2v) is 8.03. The van der Waals surface area contributed by atoms with Crippen LogP contribution < -0.4 is 15.9 Å². The number of rotatable bonds is 4. The van der Waals surface area contributed by atoms with Gasteiger partial charge >= 0.3 is 5.69 Å². The minimum atomic E-state index is -0.466. The smallest absolute Gasteiger partial charge is 0.350 e. The highest BCUT2D eigenvalue weighted by atomic mass is 19.1. The minimum absolute atomic E-state index is 0.196. The Morgan fingerprint density at radius 3 is 2.83 bits per heavy atom. The zero-order valence-corrected chi connectivity index (χ0v) is 17.2. The molecule has 0 aliphatic carbocycles. The Balaban J connectivity index is 1.65. The van der Waals surface area contributed by atoms with Gasteiger partial charge in [0.25, 0.3) is 0 Å². The first kappa shape index (κ1) is 20.1. The monoisotopic (exact) mass is 408 g/mol. The highest BCUT2D eigenvalue weighted by molar-refractivity contribution is 5.93. The van der Waals surface area contributed by atoms with Crippen molar-refractivity contribution in [1.29, 1.82) is 0 Å². The molecule has 1 saturated heterocycles. The molecule has 1 N–H and O–H groups in total. The van der Waals surface area contributed by atoms with E-state index in [9.17, 15) is 14.0 Å². The van der Waals surface area contributed by atoms with Crippen LogP contribution in [-0.4, -0.2) is 28.5 Å². The number of carbonyl (C=O) groups excluding carboxylic acids is 1. The summed E-state index contributed by atoms with van der Waals surface area (Å²) in [5.41, 5.74) is 1.05. The van der Waals surface area contributed by atoms with Crippen molar-refractivity contribution in [1.82, 2.24) is 9.55 Å². The van der Waals surface area contributed by atoms with Gasteiger partial charge in [-0.15, -0.1) is 0 Å². The van der Waals surface area contributed by atoms with Gasteiger partial charge in [0.2, 0.25) is 5.91 Å². The van der Waals surface area contributed by atoms with Gasteiger partial charge < -0.3 is 10.2 Å². The number of nitrogens with one attached hydrogen (secondary N) is 1. The molecule has 30 heavy (non-hydrogen) atoms. The molecule has 4 rings (SSSR count). The first-order valence-corrected chi connectivity index (χ1v) is 10.2. The molecule has 1 amide bonds. The van der Waals surface area contributed by atoms with Crippen LogP contribution in [0, 0.1) is 18.7 Å². The van der Waals surface area contributed by atoms with Crippen LogP contribution in [0.3, 0.4) is 0 Å². The molecule has 3 aromatic rings. The van der Waals surface area contributed by atoms with Gasteiger partial charge in [-0.1, -0.05) is 25.1 Å². The lowest BCUT2D eigenvalue weighted by Gasteiger charge is -2.32. The Labute approximate surface area is 174 Å². The van der Waals surface area contributed by atoms with Gasteiger partial charge in [-0.3, -0.25) is 9.36 Å². The van der Waals surface area contributed by atoms with Gasteiger partial charge in [0.1, 0.15) is 18.2 Å². The number of carbonyl (C=O) groups is 1. The quantitative estimate of drug-likeness (QED) is 0.715. The summed E-state index contributed by atoms with van der Waals surface area (Å²) >= 11 is 0. The minimum Gasteiger partial charge on any atom is -0.356 e. The molecule has 7 heteroatoms. The third-order valence-corrected chi connectivity index (χ3v) is 5.58. The summed E-state index contributed by atoms with van der Waals surface area (Å²) in [6.45, 7) is 5.39. The molecule has 1 aliphatic rings. The molecule has 0 unspecified atom stereocenters. The van der Waals surface area contributed by atoms with Crippen molar-refractivity contribution in [2.75, 3.05) is 23.3 Å². The fourth-order valence-electron chi connectivity index (χ4n) is 4.00. The number of piperidine rings is 1. The Hall–Kier alpha value is -3.22. The maximum absolute atomic E-state index is 13.8. The number of fused-ring (bicyclic) bond motifs is 1. The van der Waals surface area contributed by atoms with E-state index in [1.165, 1.54) is 17.1 Å². The molecule has 1 aromatic heterocycles. The van der Waals surface area contributed by atoms with E-state index in [0.717, 1.165) is 24.9 Å². The van der Waals surface area contributed by atoms with Gasteiger partial charge in [-0.05, 0) is 55.5 Å². The summed E-state index contributed by atoms with van der Waals surface area (Å²) in [5, 5.41) is 3.50. The maximum Gasteiger partial charge on any atom is 0.350 e. The second kappa shape index (κ2) is 8.26. The molecule has 2 heterocycles. The average molecular weight is 408 g/mol. The Morgan fingerprint density at radius 1 is 1.27 bits per heavy atom. The van der Waals surface area contributed by atoms with Gasteiger partial charge in [0.15, 0.2) is 0 Å². The first-order valence-electron chi connectivity index (χ1n) is 10.2. The number of amides is 1. The number of aromatic nitrogens is 2. The molecular formula is C23H25FN4O2. The molecule has 1 atom stereocenters. The van der Waals surface area contributed by atoms with E-state index in [-0.39, 0.29) is 6.54 Å². The van der Waals surface area contributed by atoms with Crippen LogP contribution in [0.2, 0.25) is 0 Å². The SMILES string of the molecule is Cc1ccc(NC(=O)Cn2c(=O)nc(N3CCC[C@H](C)C3)c3ccccc32)cc1F. The van der Waals surface area contributed by atoms with E-state index in [1.54, 1.807) is 19.1 Å². The summed E-state index contributed by atoms with van der Waals surface area (Å²) in [7, 11) is 0. The highest BCUT2D eigenvalue weighted by Crippen LogP contribution is 2.27. The largest absolute Gasteiger partial charge is 0.356 e. The Morgan fingerprint density at radius 2 is 2.07 bits per heavy atom. The van der Waals surface area contributed by atoms with E-state index in [1.807, 2.05) is 24.3 Å². The fraction of sp³-hybridized carbons (Fsp3) is 0.348. The number of aryl methyl sites for hydroxylation is 1. The lowest BCUT2D eigenvalue weighted by atomic mass is 10.00. The van der Waals surface area contributed by atoms with Crippen LogP contribution in [0.4, 0.5) is 15.9 Å². The molecule has 0 bridgehead atoms. The van der Waals surface area contributed by atoms with Crippen molar-refractivity contribution in [2.45, 2.75) is 33.2 Å². The number of hydrogen-bond acceptors (Lipinski definition) is 4. The van der Waals surface area contributed by atoms with Crippen molar-refractivity contribution in [3.63, 3.8) is 0 Å². The van der Waals surface area contributed by atoms with Gasteiger partial charge in [0, 0.05) is 24.2 Å². The molecule has 0 spiro atoms. The summed E-state index contributed by atoms with van der Waals surface area (Å²) in [6.07, 6.45) is 2.24. The van der Waals surface area contributed by atoms with Crippen LogP contribution in [0.15, 0.2) is 47.3 Å². The number of hydrogen-bond donors (Lipinski definition) is 1. The molecule has 156 valence electrons. The standard InChI is InChI=1S/C23H25FN4O2/c1-15-6-5-11-27(13-15)22-18-7-3-4-8-20(18)28(23(30)26-22)14-21(29)25-17-10-9-16(2)19(24)12-17/h3-4,7-10,12,15H,5-6,11,13-14H2,1-2H3,(H,25,29)/t15-/m0/s1. The van der Waals surface area contributed by atoms with Gasteiger partial charge in [-0.2, -0.15) is 4.98 Å². The molecule has 6 nitrogen and oxygen atoms in total. The molecule has 2 aromatic carbocycles. The van der Waals surface area contributed by atoms with Crippen LogP contribution in [0.1, 0.15) is 25.3 Å². The number of nitrogens with zero attached hydrogens (tertiary/aromatic N) is 3. The van der Waals surface area contributed by atoms with Gasteiger partial charge in [0.05, 0.1) is 5.52 Å². The lowest BCUT2D eigenvalue weighted by molar-refractivity contribution is -0.116. The topological polar surface area (TPSA) is 67.2 Å². The van der Waals surface area contributed by atoms with Crippen LogP contribution in [0.25, 0.3) is 10.9 Å². The normalized spacial score (nSPS) is 16.6. The molecule has 1 fully saturated rings. The summed E-state index contributed by atoms with van der Waals surface area (Å²) in [6, 6.07) is 12.0. The fourth-order valence-corrected chi connectivity index (χ4v) is 4.00. The first-order chi connectivity index (χ1) is 14.4. The second-order valence-electron chi connectivity index (χ2n) is 8.03. The number of para-hydroxylation sites is 1.